The average molecular weight is 287 g/mol. The van der Waals surface area contributed by atoms with E-state index < -0.39 is 12.1 Å². The second-order valence-corrected chi connectivity index (χ2v) is 5.08. The molecule has 0 unspecified atom stereocenters. The quantitative estimate of drug-likeness (QED) is 0.755. The van der Waals surface area contributed by atoms with Gasteiger partial charge in [0.05, 0.1) is 5.92 Å². The Kier molecular flexibility index (Phi) is 6.53. The van der Waals surface area contributed by atoms with Crippen molar-refractivity contribution in [3.8, 4) is 0 Å². The molecule has 0 aliphatic carbocycles. The third-order valence-corrected chi connectivity index (χ3v) is 3.58. The SMILES string of the molecule is CC.Cc1ccc(CN2CCC(C(F)(F)F)CC2)cc1. The van der Waals surface area contributed by atoms with Crippen molar-refractivity contribution in [1.82, 2.24) is 4.90 Å². The zero-order valence-corrected chi connectivity index (χ0v) is 12.5. The van der Waals surface area contributed by atoms with Crippen LogP contribution < -0.4 is 0 Å². The van der Waals surface area contributed by atoms with Gasteiger partial charge in [-0.2, -0.15) is 13.2 Å². The van der Waals surface area contributed by atoms with E-state index in [9.17, 15) is 13.2 Å². The third kappa shape index (κ3) is 5.16. The van der Waals surface area contributed by atoms with Crippen LogP contribution in [0.5, 0.6) is 0 Å². The van der Waals surface area contributed by atoms with Crippen molar-refractivity contribution >= 4 is 0 Å². The Balaban J connectivity index is 0.000000956. The third-order valence-electron chi connectivity index (χ3n) is 3.58. The lowest BCUT2D eigenvalue weighted by Crippen LogP contribution is -2.38. The van der Waals surface area contributed by atoms with Gasteiger partial charge in [-0.25, -0.2) is 0 Å². The number of hydrogen-bond acceptors (Lipinski definition) is 1. The number of benzene rings is 1. The van der Waals surface area contributed by atoms with E-state index in [-0.39, 0.29) is 12.8 Å². The molecule has 2 rings (SSSR count). The maximum atomic E-state index is 12.5. The van der Waals surface area contributed by atoms with E-state index in [0.29, 0.717) is 13.1 Å². The first kappa shape index (κ1) is 17.0. The lowest BCUT2D eigenvalue weighted by molar-refractivity contribution is -0.185. The van der Waals surface area contributed by atoms with Crippen molar-refractivity contribution in [1.29, 1.82) is 0 Å². The van der Waals surface area contributed by atoms with Crippen LogP contribution in [0.3, 0.4) is 0 Å². The lowest BCUT2D eigenvalue weighted by Gasteiger charge is -2.32. The van der Waals surface area contributed by atoms with Gasteiger partial charge in [-0.05, 0) is 38.4 Å². The molecule has 0 radical (unpaired) electrons. The van der Waals surface area contributed by atoms with Gasteiger partial charge >= 0.3 is 6.18 Å². The normalized spacial score (nSPS) is 17.5. The highest BCUT2D eigenvalue weighted by Crippen LogP contribution is 2.34. The van der Waals surface area contributed by atoms with Crippen LogP contribution in [0.2, 0.25) is 0 Å². The van der Waals surface area contributed by atoms with Crippen molar-refractivity contribution in [2.24, 2.45) is 5.92 Å². The first-order valence-corrected chi connectivity index (χ1v) is 7.30. The van der Waals surface area contributed by atoms with Crippen LogP contribution in [0.15, 0.2) is 24.3 Å². The molecule has 1 aromatic rings. The largest absolute Gasteiger partial charge is 0.391 e. The molecule has 20 heavy (non-hydrogen) atoms. The molecule has 1 aromatic carbocycles. The fraction of sp³-hybridized carbons (Fsp3) is 0.625. The van der Waals surface area contributed by atoms with Gasteiger partial charge in [-0.3, -0.25) is 4.90 Å². The van der Waals surface area contributed by atoms with E-state index in [0.717, 1.165) is 6.54 Å². The molecule has 1 fully saturated rings. The molecule has 1 aliphatic rings. The van der Waals surface area contributed by atoms with Crippen LogP contribution in [0.1, 0.15) is 37.8 Å². The molecule has 1 aliphatic heterocycles. The van der Waals surface area contributed by atoms with Crippen LogP contribution in [-0.2, 0) is 6.54 Å². The van der Waals surface area contributed by atoms with Crippen LogP contribution in [-0.4, -0.2) is 24.2 Å². The summed E-state index contributed by atoms with van der Waals surface area (Å²) in [6.07, 6.45) is -3.55. The summed E-state index contributed by atoms with van der Waals surface area (Å²) in [5.74, 6) is -1.10. The number of rotatable bonds is 2. The first-order valence-electron chi connectivity index (χ1n) is 7.30. The van der Waals surface area contributed by atoms with E-state index in [1.807, 2.05) is 45.0 Å². The van der Waals surface area contributed by atoms with Gasteiger partial charge in [-0.15, -0.1) is 0 Å². The summed E-state index contributed by atoms with van der Waals surface area (Å²) in [6.45, 7) is 7.86. The Hall–Kier alpha value is -1.03. The van der Waals surface area contributed by atoms with E-state index in [1.54, 1.807) is 0 Å². The Morgan fingerprint density at radius 2 is 1.55 bits per heavy atom. The first-order chi connectivity index (χ1) is 9.45. The zero-order valence-electron chi connectivity index (χ0n) is 12.5. The molecule has 4 heteroatoms. The van der Waals surface area contributed by atoms with Crippen LogP contribution in [0.4, 0.5) is 13.2 Å². The summed E-state index contributed by atoms with van der Waals surface area (Å²) in [5.41, 5.74) is 2.38. The van der Waals surface area contributed by atoms with Gasteiger partial charge in [0.15, 0.2) is 0 Å². The summed E-state index contributed by atoms with van der Waals surface area (Å²) < 4.78 is 37.6. The Labute approximate surface area is 119 Å². The molecule has 0 atom stereocenters. The highest BCUT2D eigenvalue weighted by Gasteiger charge is 2.40. The van der Waals surface area contributed by atoms with Crippen molar-refractivity contribution in [2.75, 3.05) is 13.1 Å². The molecule has 0 bridgehead atoms. The van der Waals surface area contributed by atoms with Gasteiger partial charge in [0.25, 0.3) is 0 Å². The summed E-state index contributed by atoms with van der Waals surface area (Å²) in [7, 11) is 0. The average Bonchev–Trinajstić information content (AvgIpc) is 2.43. The van der Waals surface area contributed by atoms with Crippen molar-refractivity contribution < 1.29 is 13.2 Å². The molecule has 0 spiro atoms. The second-order valence-electron chi connectivity index (χ2n) is 5.08. The number of hydrogen-bond donors (Lipinski definition) is 0. The van der Waals surface area contributed by atoms with E-state index in [4.69, 9.17) is 0 Å². The van der Waals surface area contributed by atoms with Gasteiger partial charge in [0.1, 0.15) is 0 Å². The Morgan fingerprint density at radius 1 is 1.05 bits per heavy atom. The van der Waals surface area contributed by atoms with E-state index in [2.05, 4.69) is 4.90 Å². The predicted octanol–water partition coefficient (Wildman–Crippen LogP) is 4.80. The maximum Gasteiger partial charge on any atom is 0.391 e. The van der Waals surface area contributed by atoms with Crippen molar-refractivity contribution in [3.63, 3.8) is 0 Å². The maximum absolute atomic E-state index is 12.5. The van der Waals surface area contributed by atoms with Crippen LogP contribution >= 0.6 is 0 Å². The number of halogens is 3. The minimum Gasteiger partial charge on any atom is -0.299 e. The Morgan fingerprint density at radius 3 is 2.00 bits per heavy atom. The molecule has 0 aromatic heterocycles. The summed E-state index contributed by atoms with van der Waals surface area (Å²) in [4.78, 5) is 2.10. The molecule has 114 valence electrons. The van der Waals surface area contributed by atoms with Gasteiger partial charge < -0.3 is 0 Å². The lowest BCUT2D eigenvalue weighted by atomic mass is 9.96. The number of likely N-dealkylation sites (tertiary alicyclic amines) is 1. The molecule has 1 heterocycles. The number of aryl methyl sites for hydroxylation is 1. The monoisotopic (exact) mass is 287 g/mol. The summed E-state index contributed by atoms with van der Waals surface area (Å²) >= 11 is 0. The number of nitrogens with zero attached hydrogens (tertiary/aromatic N) is 1. The van der Waals surface area contributed by atoms with E-state index >= 15 is 0 Å². The van der Waals surface area contributed by atoms with Crippen LogP contribution in [0.25, 0.3) is 0 Å². The van der Waals surface area contributed by atoms with Crippen LogP contribution in [0, 0.1) is 12.8 Å². The molecular formula is C16H24F3N. The minimum atomic E-state index is -4.02. The van der Waals surface area contributed by atoms with Gasteiger partial charge in [-0.1, -0.05) is 43.7 Å². The topological polar surface area (TPSA) is 3.24 Å². The fourth-order valence-electron chi connectivity index (χ4n) is 2.37. The number of alkyl halides is 3. The molecule has 0 amide bonds. The number of piperidine rings is 1. The van der Waals surface area contributed by atoms with Gasteiger partial charge in [0, 0.05) is 6.54 Å². The predicted molar refractivity (Wildman–Crippen MR) is 76.6 cm³/mol. The smallest absolute Gasteiger partial charge is 0.299 e. The van der Waals surface area contributed by atoms with E-state index in [1.165, 1.54) is 11.1 Å². The van der Waals surface area contributed by atoms with Crippen molar-refractivity contribution in [3.05, 3.63) is 35.4 Å². The Bertz CT molecular complexity index is 376. The highest BCUT2D eigenvalue weighted by molar-refractivity contribution is 5.21. The van der Waals surface area contributed by atoms with Crippen molar-refractivity contribution in [2.45, 2.75) is 46.3 Å². The standard InChI is InChI=1S/C14H18F3N.C2H6/c1-11-2-4-12(5-3-11)10-18-8-6-13(7-9-18)14(15,16)17;1-2/h2-5,13H,6-10H2,1H3;1-2H3. The molecule has 1 saturated heterocycles. The summed E-state index contributed by atoms with van der Waals surface area (Å²) in [6, 6.07) is 8.17. The summed E-state index contributed by atoms with van der Waals surface area (Å²) in [5, 5.41) is 0. The second kappa shape index (κ2) is 7.67. The minimum absolute atomic E-state index is 0.232. The molecule has 1 nitrogen and oxygen atoms in total. The molecular weight excluding hydrogens is 263 g/mol. The fourth-order valence-corrected chi connectivity index (χ4v) is 2.37. The molecule has 0 saturated carbocycles. The molecule has 0 N–H and O–H groups in total. The zero-order chi connectivity index (χ0) is 15.2. The highest BCUT2D eigenvalue weighted by atomic mass is 19.4. The van der Waals surface area contributed by atoms with Gasteiger partial charge in [0.2, 0.25) is 0 Å².